The Hall–Kier alpha value is -3.01. The summed E-state index contributed by atoms with van der Waals surface area (Å²) in [6.07, 6.45) is 0. The zero-order valence-corrected chi connectivity index (χ0v) is 18.6. The average Bonchev–Trinajstić information content (AvgIpc) is 2.72. The molecule has 0 aliphatic heterocycles. The lowest BCUT2D eigenvalue weighted by Crippen LogP contribution is -2.23. The van der Waals surface area contributed by atoms with E-state index in [1.165, 1.54) is 32.3 Å². The number of pyridine rings is 1. The SMILES string of the molecule is Cc1cc(C(=O)OCC(=O)Nc2ccc(Cl)c(S(=O)(=O)N(C)C)c2)c2ccccc2n1. The number of carbonyl (C=O) groups is 2. The standard InChI is InChI=1S/C21H20ClN3O5S/c1-13-10-16(15-6-4-5-7-18(15)23-13)21(27)30-12-20(26)24-14-8-9-17(22)19(11-14)31(28,29)25(2)3/h4-11H,12H2,1-3H3,(H,24,26). The van der Waals surface area contributed by atoms with Gasteiger partial charge in [0.1, 0.15) is 4.90 Å². The number of nitrogens with zero attached hydrogens (tertiary/aromatic N) is 2. The number of ether oxygens (including phenoxy) is 1. The molecule has 10 heteroatoms. The molecule has 0 unspecified atom stereocenters. The van der Waals surface area contributed by atoms with E-state index in [0.29, 0.717) is 22.2 Å². The summed E-state index contributed by atoms with van der Waals surface area (Å²) >= 11 is 6.00. The molecular weight excluding hydrogens is 442 g/mol. The molecule has 1 heterocycles. The number of esters is 1. The second kappa shape index (κ2) is 9.01. The highest BCUT2D eigenvalue weighted by molar-refractivity contribution is 7.89. The largest absolute Gasteiger partial charge is 0.452 e. The van der Waals surface area contributed by atoms with E-state index in [1.54, 1.807) is 31.2 Å². The summed E-state index contributed by atoms with van der Waals surface area (Å²) in [7, 11) is -1.04. The van der Waals surface area contributed by atoms with Crippen molar-refractivity contribution < 1.29 is 22.7 Å². The van der Waals surface area contributed by atoms with E-state index in [4.69, 9.17) is 16.3 Å². The van der Waals surface area contributed by atoms with Crippen LogP contribution in [0.3, 0.4) is 0 Å². The normalized spacial score (nSPS) is 11.5. The Bertz CT molecular complexity index is 1280. The van der Waals surface area contributed by atoms with Crippen LogP contribution in [-0.4, -0.2) is 50.3 Å². The molecule has 0 fully saturated rings. The maximum absolute atomic E-state index is 12.5. The molecule has 31 heavy (non-hydrogen) atoms. The Morgan fingerprint density at radius 2 is 1.84 bits per heavy atom. The van der Waals surface area contributed by atoms with Crippen molar-refractivity contribution in [2.75, 3.05) is 26.0 Å². The topological polar surface area (TPSA) is 106 Å². The number of aromatic nitrogens is 1. The Labute approximate surface area is 184 Å². The van der Waals surface area contributed by atoms with Crippen LogP contribution in [0.2, 0.25) is 5.02 Å². The number of amides is 1. The molecule has 0 atom stereocenters. The molecule has 3 aromatic rings. The number of para-hydroxylation sites is 1. The first-order valence-corrected chi connectivity index (χ1v) is 11.0. The number of aryl methyl sites for hydroxylation is 1. The lowest BCUT2D eigenvalue weighted by atomic mass is 10.1. The summed E-state index contributed by atoms with van der Waals surface area (Å²) in [4.78, 5) is 29.0. The van der Waals surface area contributed by atoms with Gasteiger partial charge >= 0.3 is 5.97 Å². The maximum atomic E-state index is 12.5. The lowest BCUT2D eigenvalue weighted by molar-refractivity contribution is -0.119. The quantitative estimate of drug-likeness (QED) is 0.565. The van der Waals surface area contributed by atoms with Crippen LogP contribution in [0.5, 0.6) is 0 Å². The van der Waals surface area contributed by atoms with Crippen LogP contribution in [0.1, 0.15) is 16.1 Å². The molecule has 1 amide bonds. The first kappa shape index (κ1) is 22.7. The number of anilines is 1. The van der Waals surface area contributed by atoms with Crippen molar-refractivity contribution in [3.63, 3.8) is 0 Å². The van der Waals surface area contributed by atoms with Crippen molar-refractivity contribution in [2.45, 2.75) is 11.8 Å². The third kappa shape index (κ3) is 5.01. The minimum absolute atomic E-state index is 0.0260. The molecule has 0 saturated heterocycles. The number of fused-ring (bicyclic) bond motifs is 1. The lowest BCUT2D eigenvalue weighted by Gasteiger charge is -2.14. The van der Waals surface area contributed by atoms with Gasteiger partial charge in [-0.2, -0.15) is 0 Å². The molecule has 162 valence electrons. The number of carbonyl (C=O) groups excluding carboxylic acids is 2. The van der Waals surface area contributed by atoms with E-state index >= 15 is 0 Å². The van der Waals surface area contributed by atoms with Gasteiger partial charge in [-0.05, 0) is 37.3 Å². The van der Waals surface area contributed by atoms with Crippen LogP contribution < -0.4 is 5.32 Å². The van der Waals surface area contributed by atoms with Crippen molar-refractivity contribution in [3.8, 4) is 0 Å². The van der Waals surface area contributed by atoms with Gasteiger partial charge in [0.05, 0.1) is 16.1 Å². The predicted octanol–water partition coefficient (Wildman–Crippen LogP) is 3.24. The third-order valence-corrected chi connectivity index (χ3v) is 6.67. The molecule has 0 aliphatic carbocycles. The minimum atomic E-state index is -3.79. The van der Waals surface area contributed by atoms with Crippen LogP contribution in [0.4, 0.5) is 5.69 Å². The van der Waals surface area contributed by atoms with Gasteiger partial charge in [-0.3, -0.25) is 9.78 Å². The second-order valence-corrected chi connectivity index (χ2v) is 9.41. The number of halogens is 1. The molecule has 1 N–H and O–H groups in total. The van der Waals surface area contributed by atoms with Crippen molar-refractivity contribution in [1.82, 2.24) is 9.29 Å². The summed E-state index contributed by atoms with van der Waals surface area (Å²) in [5.41, 5.74) is 1.80. The molecule has 3 rings (SSSR count). The van der Waals surface area contributed by atoms with Crippen LogP contribution in [0, 0.1) is 6.92 Å². The third-order valence-electron chi connectivity index (χ3n) is 4.37. The number of hydrogen-bond donors (Lipinski definition) is 1. The fourth-order valence-corrected chi connectivity index (χ4v) is 4.25. The van der Waals surface area contributed by atoms with Gasteiger partial charge in [-0.25, -0.2) is 17.5 Å². The first-order chi connectivity index (χ1) is 14.6. The molecule has 0 aliphatic rings. The van der Waals surface area contributed by atoms with Crippen molar-refractivity contribution in [1.29, 1.82) is 0 Å². The highest BCUT2D eigenvalue weighted by Gasteiger charge is 2.22. The van der Waals surface area contributed by atoms with Crippen molar-refractivity contribution in [2.24, 2.45) is 0 Å². The monoisotopic (exact) mass is 461 g/mol. The van der Waals surface area contributed by atoms with Gasteiger partial charge in [0.25, 0.3) is 5.91 Å². The van der Waals surface area contributed by atoms with Gasteiger partial charge in [-0.15, -0.1) is 0 Å². The van der Waals surface area contributed by atoms with Gasteiger partial charge in [0.15, 0.2) is 6.61 Å². The predicted molar refractivity (Wildman–Crippen MR) is 118 cm³/mol. The summed E-state index contributed by atoms with van der Waals surface area (Å²) in [6.45, 7) is 1.21. The first-order valence-electron chi connectivity index (χ1n) is 9.15. The summed E-state index contributed by atoms with van der Waals surface area (Å²) in [5, 5.41) is 3.15. The molecule has 2 aromatic carbocycles. The zero-order chi connectivity index (χ0) is 22.8. The smallest absolute Gasteiger partial charge is 0.339 e. The maximum Gasteiger partial charge on any atom is 0.339 e. The minimum Gasteiger partial charge on any atom is -0.452 e. The number of hydrogen-bond acceptors (Lipinski definition) is 6. The van der Waals surface area contributed by atoms with E-state index in [1.807, 2.05) is 6.07 Å². The number of nitrogens with one attached hydrogen (secondary N) is 1. The number of rotatable bonds is 6. The fraction of sp³-hybridized carbons (Fsp3) is 0.190. The Balaban J connectivity index is 1.72. The molecule has 0 saturated carbocycles. The summed E-state index contributed by atoms with van der Waals surface area (Å²) in [6, 6.07) is 12.8. The van der Waals surface area contributed by atoms with Crippen LogP contribution in [0.15, 0.2) is 53.4 Å². The van der Waals surface area contributed by atoms with Crippen molar-refractivity contribution >= 4 is 50.1 Å². The van der Waals surface area contributed by atoms with Crippen molar-refractivity contribution in [3.05, 3.63) is 64.8 Å². The molecule has 0 radical (unpaired) electrons. The fourth-order valence-electron chi connectivity index (χ4n) is 2.86. The molecule has 0 bridgehead atoms. The average molecular weight is 462 g/mol. The highest BCUT2D eigenvalue weighted by atomic mass is 35.5. The molecule has 1 aromatic heterocycles. The number of benzene rings is 2. The van der Waals surface area contributed by atoms with Gasteiger partial charge < -0.3 is 10.1 Å². The Morgan fingerprint density at radius 1 is 1.13 bits per heavy atom. The molecule has 0 spiro atoms. The van der Waals surface area contributed by atoms with Gasteiger partial charge in [0.2, 0.25) is 10.0 Å². The summed E-state index contributed by atoms with van der Waals surface area (Å²) in [5.74, 6) is -1.29. The van der Waals surface area contributed by atoms with E-state index in [0.717, 1.165) is 4.31 Å². The van der Waals surface area contributed by atoms with Gasteiger partial charge in [-0.1, -0.05) is 29.8 Å². The number of sulfonamides is 1. The van der Waals surface area contributed by atoms with Gasteiger partial charge in [0, 0.05) is 30.9 Å². The second-order valence-electron chi connectivity index (χ2n) is 6.89. The van der Waals surface area contributed by atoms with E-state index in [-0.39, 0.29) is 15.6 Å². The van der Waals surface area contributed by atoms with E-state index in [2.05, 4.69) is 10.3 Å². The highest BCUT2D eigenvalue weighted by Crippen LogP contribution is 2.27. The molecule has 8 nitrogen and oxygen atoms in total. The van der Waals surface area contributed by atoms with E-state index in [9.17, 15) is 18.0 Å². The van der Waals surface area contributed by atoms with Crippen LogP contribution >= 0.6 is 11.6 Å². The summed E-state index contributed by atoms with van der Waals surface area (Å²) < 4.78 is 30.9. The van der Waals surface area contributed by atoms with Crippen LogP contribution in [-0.2, 0) is 19.6 Å². The Morgan fingerprint density at radius 3 is 2.55 bits per heavy atom. The molecular formula is C21H20ClN3O5S. The van der Waals surface area contributed by atoms with Crippen LogP contribution in [0.25, 0.3) is 10.9 Å². The Kier molecular flexibility index (Phi) is 6.59. The zero-order valence-electron chi connectivity index (χ0n) is 17.0. The van der Waals surface area contributed by atoms with E-state index < -0.39 is 28.5 Å².